The second-order valence-corrected chi connectivity index (χ2v) is 6.70. The van der Waals surface area contributed by atoms with E-state index in [2.05, 4.69) is 78.1 Å². The topological polar surface area (TPSA) is 28.2 Å². The van der Waals surface area contributed by atoms with Gasteiger partial charge in [0.05, 0.1) is 0 Å². The first-order chi connectivity index (χ1) is 9.43. The molecule has 0 fully saturated rings. The summed E-state index contributed by atoms with van der Waals surface area (Å²) in [5.41, 5.74) is 1.27. The number of likely N-dealkylation sites (N-methyl/N-ethyl adjacent to an activating group) is 1. The third-order valence-corrected chi connectivity index (χ3v) is 4.80. The molecule has 1 heterocycles. The highest BCUT2D eigenvalue weighted by atomic mass is 79.9. The summed E-state index contributed by atoms with van der Waals surface area (Å²) in [6.45, 7) is 7.85. The third kappa shape index (κ3) is 4.54. The van der Waals surface area contributed by atoms with E-state index < -0.39 is 0 Å². The lowest BCUT2D eigenvalue weighted by atomic mass is 9.85. The summed E-state index contributed by atoms with van der Waals surface area (Å²) in [7, 11) is 4.33. The fourth-order valence-electron chi connectivity index (χ4n) is 2.44. The maximum absolute atomic E-state index is 4.53. The lowest BCUT2D eigenvalue weighted by molar-refractivity contribution is 0.112. The molecule has 0 aromatic carbocycles. The summed E-state index contributed by atoms with van der Waals surface area (Å²) in [4.78, 5) is 6.86. The van der Waals surface area contributed by atoms with Gasteiger partial charge in [0.2, 0.25) is 0 Å². The summed E-state index contributed by atoms with van der Waals surface area (Å²) in [5.74, 6) is 0. The smallest absolute Gasteiger partial charge is 0.0420 e. The lowest BCUT2D eigenvalue weighted by Gasteiger charge is -2.43. The molecule has 1 N–H and O–H groups in total. The molecule has 0 saturated heterocycles. The Hall–Kier alpha value is -0.450. The third-order valence-electron chi connectivity index (χ3n) is 4.33. The van der Waals surface area contributed by atoms with E-state index in [0.29, 0.717) is 6.04 Å². The van der Waals surface area contributed by atoms with Crippen LogP contribution < -0.4 is 5.32 Å². The molecule has 2 atom stereocenters. The monoisotopic (exact) mass is 341 g/mol. The summed E-state index contributed by atoms with van der Waals surface area (Å²) in [5, 5.41) is 3.71. The Kier molecular flexibility index (Phi) is 7.13. The molecule has 0 aliphatic rings. The number of pyridine rings is 1. The molecule has 3 nitrogen and oxygen atoms in total. The van der Waals surface area contributed by atoms with Crippen LogP contribution in [-0.4, -0.2) is 42.1 Å². The summed E-state index contributed by atoms with van der Waals surface area (Å²) >= 11 is 3.44. The van der Waals surface area contributed by atoms with E-state index >= 15 is 0 Å². The van der Waals surface area contributed by atoms with Gasteiger partial charge in [-0.25, -0.2) is 0 Å². The highest BCUT2D eigenvalue weighted by Gasteiger charge is 2.34. The average molecular weight is 342 g/mol. The minimum atomic E-state index is 0.129. The molecule has 1 rings (SSSR count). The molecule has 114 valence electrons. The van der Waals surface area contributed by atoms with Gasteiger partial charge in [-0.05, 0) is 68.5 Å². The standard InChI is InChI=1S/C16H28BrN3/c1-6-10-18-15(16(3,7-2)20(4)5)11-14-9-8-13(17)12-19-14/h8-9,12,15,18H,6-7,10-11H2,1-5H3. The van der Waals surface area contributed by atoms with Crippen molar-refractivity contribution in [1.29, 1.82) is 0 Å². The van der Waals surface area contributed by atoms with Gasteiger partial charge in [-0.1, -0.05) is 13.8 Å². The molecular weight excluding hydrogens is 314 g/mol. The predicted octanol–water partition coefficient (Wildman–Crippen LogP) is 3.49. The van der Waals surface area contributed by atoms with Crippen LogP contribution in [-0.2, 0) is 6.42 Å². The summed E-state index contributed by atoms with van der Waals surface area (Å²) in [6, 6.07) is 4.57. The second-order valence-electron chi connectivity index (χ2n) is 5.78. The quantitative estimate of drug-likeness (QED) is 0.784. The first kappa shape index (κ1) is 17.6. The van der Waals surface area contributed by atoms with Crippen LogP contribution in [0.25, 0.3) is 0 Å². The van der Waals surface area contributed by atoms with Crippen molar-refractivity contribution in [2.24, 2.45) is 0 Å². The van der Waals surface area contributed by atoms with Crippen molar-refractivity contribution >= 4 is 15.9 Å². The van der Waals surface area contributed by atoms with Crippen LogP contribution in [0.2, 0.25) is 0 Å². The van der Waals surface area contributed by atoms with Gasteiger partial charge in [0.1, 0.15) is 0 Å². The van der Waals surface area contributed by atoms with Crippen LogP contribution in [0, 0.1) is 0 Å². The average Bonchev–Trinajstić information content (AvgIpc) is 2.44. The molecule has 1 aromatic heterocycles. The second kappa shape index (κ2) is 8.11. The Labute approximate surface area is 132 Å². The van der Waals surface area contributed by atoms with Gasteiger partial charge in [0.25, 0.3) is 0 Å². The molecule has 2 unspecified atom stereocenters. The van der Waals surface area contributed by atoms with Crippen molar-refractivity contribution in [3.05, 3.63) is 28.5 Å². The zero-order valence-corrected chi connectivity index (χ0v) is 15.0. The maximum Gasteiger partial charge on any atom is 0.0420 e. The van der Waals surface area contributed by atoms with Crippen molar-refractivity contribution in [3.8, 4) is 0 Å². The van der Waals surface area contributed by atoms with Crippen molar-refractivity contribution in [3.63, 3.8) is 0 Å². The lowest BCUT2D eigenvalue weighted by Crippen LogP contribution is -2.58. The highest BCUT2D eigenvalue weighted by molar-refractivity contribution is 9.10. The minimum Gasteiger partial charge on any atom is -0.312 e. The van der Waals surface area contributed by atoms with Crippen LogP contribution in [0.15, 0.2) is 22.8 Å². The van der Waals surface area contributed by atoms with E-state index in [9.17, 15) is 0 Å². The molecule has 0 saturated carbocycles. The van der Waals surface area contributed by atoms with Gasteiger partial charge in [-0.3, -0.25) is 4.98 Å². The number of hydrogen-bond donors (Lipinski definition) is 1. The maximum atomic E-state index is 4.53. The Balaban J connectivity index is 2.90. The van der Waals surface area contributed by atoms with E-state index in [1.807, 2.05) is 6.20 Å². The van der Waals surface area contributed by atoms with Crippen LogP contribution in [0.1, 0.15) is 39.3 Å². The van der Waals surface area contributed by atoms with Crippen molar-refractivity contribution in [2.45, 2.75) is 51.6 Å². The first-order valence-corrected chi connectivity index (χ1v) is 8.24. The molecule has 0 aliphatic carbocycles. The molecular formula is C16H28BrN3. The zero-order valence-electron chi connectivity index (χ0n) is 13.4. The molecule has 0 bridgehead atoms. The van der Waals surface area contributed by atoms with Crippen LogP contribution in [0.3, 0.4) is 0 Å². The van der Waals surface area contributed by atoms with Crippen molar-refractivity contribution in [2.75, 3.05) is 20.6 Å². The first-order valence-electron chi connectivity index (χ1n) is 7.45. The molecule has 20 heavy (non-hydrogen) atoms. The molecule has 0 aliphatic heterocycles. The van der Waals surface area contributed by atoms with Gasteiger partial charge < -0.3 is 10.2 Å². The number of nitrogens with zero attached hydrogens (tertiary/aromatic N) is 2. The predicted molar refractivity (Wildman–Crippen MR) is 90.1 cm³/mol. The van der Waals surface area contributed by atoms with Crippen molar-refractivity contribution < 1.29 is 0 Å². The number of halogens is 1. The number of aromatic nitrogens is 1. The van der Waals surface area contributed by atoms with Crippen LogP contribution in [0.4, 0.5) is 0 Å². The fourth-order valence-corrected chi connectivity index (χ4v) is 2.68. The van der Waals surface area contributed by atoms with Crippen molar-refractivity contribution in [1.82, 2.24) is 15.2 Å². The molecule has 0 amide bonds. The van der Waals surface area contributed by atoms with E-state index in [1.54, 1.807) is 0 Å². The van der Waals surface area contributed by atoms with Gasteiger partial charge >= 0.3 is 0 Å². The summed E-state index contributed by atoms with van der Waals surface area (Å²) < 4.78 is 1.03. The number of hydrogen-bond acceptors (Lipinski definition) is 3. The minimum absolute atomic E-state index is 0.129. The summed E-state index contributed by atoms with van der Waals surface area (Å²) in [6.07, 6.45) is 5.09. The normalized spacial score (nSPS) is 16.1. The van der Waals surface area contributed by atoms with E-state index in [1.165, 1.54) is 0 Å². The molecule has 4 heteroatoms. The molecule has 1 aromatic rings. The van der Waals surface area contributed by atoms with Gasteiger partial charge in [-0.2, -0.15) is 0 Å². The van der Waals surface area contributed by atoms with E-state index in [-0.39, 0.29) is 5.54 Å². The molecule has 0 radical (unpaired) electrons. The number of rotatable bonds is 8. The Morgan fingerprint density at radius 1 is 1.35 bits per heavy atom. The van der Waals surface area contributed by atoms with E-state index in [0.717, 1.165) is 36.0 Å². The Morgan fingerprint density at radius 3 is 2.50 bits per heavy atom. The van der Waals surface area contributed by atoms with Crippen LogP contribution >= 0.6 is 15.9 Å². The largest absolute Gasteiger partial charge is 0.312 e. The Bertz CT molecular complexity index is 391. The van der Waals surface area contributed by atoms with Gasteiger partial charge in [0, 0.05) is 34.4 Å². The molecule has 0 spiro atoms. The number of nitrogens with one attached hydrogen (secondary N) is 1. The van der Waals surface area contributed by atoms with E-state index in [4.69, 9.17) is 0 Å². The zero-order chi connectivity index (χ0) is 15.2. The highest BCUT2D eigenvalue weighted by Crippen LogP contribution is 2.24. The Morgan fingerprint density at radius 2 is 2.05 bits per heavy atom. The fraction of sp³-hybridized carbons (Fsp3) is 0.688. The van der Waals surface area contributed by atoms with Crippen LogP contribution in [0.5, 0.6) is 0 Å². The van der Waals surface area contributed by atoms with Gasteiger partial charge in [0.15, 0.2) is 0 Å². The SMILES string of the molecule is CCCNC(Cc1ccc(Br)cn1)C(C)(CC)N(C)C. The van der Waals surface area contributed by atoms with Gasteiger partial charge in [-0.15, -0.1) is 0 Å².